The van der Waals surface area contributed by atoms with Crippen LogP contribution in [0.2, 0.25) is 0 Å². The van der Waals surface area contributed by atoms with Crippen LogP contribution >= 0.6 is 0 Å². The summed E-state index contributed by atoms with van der Waals surface area (Å²) >= 11 is 0. The van der Waals surface area contributed by atoms with Crippen molar-refractivity contribution in [1.29, 1.82) is 0 Å². The van der Waals surface area contributed by atoms with Crippen LogP contribution in [0.1, 0.15) is 10.5 Å². The van der Waals surface area contributed by atoms with Gasteiger partial charge in [-0.1, -0.05) is 12.1 Å². The predicted molar refractivity (Wildman–Crippen MR) is 75.9 cm³/mol. The minimum Gasteiger partial charge on any atom is -0.481 e. The Morgan fingerprint density at radius 2 is 1.96 bits per heavy atom. The number of halogens is 1. The van der Waals surface area contributed by atoms with Crippen LogP contribution in [0.25, 0.3) is 0 Å². The normalized spacial score (nSPS) is 10.1. The van der Waals surface area contributed by atoms with Crippen LogP contribution in [0.3, 0.4) is 0 Å². The second-order valence-corrected chi connectivity index (χ2v) is 4.32. The first kappa shape index (κ1) is 16.2. The molecule has 0 spiro atoms. The first-order valence-corrected chi connectivity index (χ1v) is 6.58. The van der Waals surface area contributed by atoms with Crippen molar-refractivity contribution in [2.75, 3.05) is 25.4 Å². The van der Waals surface area contributed by atoms with E-state index < -0.39 is 17.6 Å². The van der Waals surface area contributed by atoms with E-state index in [4.69, 9.17) is 10.5 Å². The first-order chi connectivity index (χ1) is 11.1. The molecule has 1 aromatic carbocycles. The number of anilines is 1. The average Bonchev–Trinajstić information content (AvgIpc) is 2.97. The number of carbonyl (C=O) groups excluding carboxylic acids is 2. The minimum atomic E-state index is -0.569. The summed E-state index contributed by atoms with van der Waals surface area (Å²) < 4.78 is 22.6. The zero-order valence-corrected chi connectivity index (χ0v) is 11.9. The van der Waals surface area contributed by atoms with E-state index in [9.17, 15) is 14.0 Å². The molecule has 23 heavy (non-hydrogen) atoms. The van der Waals surface area contributed by atoms with Gasteiger partial charge in [0.05, 0.1) is 0 Å². The molecule has 0 aliphatic carbocycles. The van der Waals surface area contributed by atoms with Gasteiger partial charge in [0.25, 0.3) is 11.8 Å². The summed E-state index contributed by atoms with van der Waals surface area (Å²) in [6, 6.07) is 5.75. The number of rotatable bonds is 7. The lowest BCUT2D eigenvalue weighted by atomic mass is 10.3. The zero-order valence-electron chi connectivity index (χ0n) is 11.9. The van der Waals surface area contributed by atoms with Gasteiger partial charge in [-0.25, -0.2) is 9.02 Å². The van der Waals surface area contributed by atoms with Gasteiger partial charge in [-0.15, -0.1) is 0 Å². The third kappa shape index (κ3) is 4.66. The summed E-state index contributed by atoms with van der Waals surface area (Å²) in [6.45, 7) is -0.0536. The Kier molecular flexibility index (Phi) is 5.45. The van der Waals surface area contributed by atoms with E-state index in [1.165, 1.54) is 18.2 Å². The molecule has 0 aliphatic heterocycles. The Morgan fingerprint density at radius 3 is 2.65 bits per heavy atom. The number of carbonyl (C=O) groups is 2. The number of nitrogen functional groups attached to an aromatic ring is 1. The molecule has 1 heterocycles. The highest BCUT2D eigenvalue weighted by Gasteiger charge is 2.15. The second-order valence-electron chi connectivity index (χ2n) is 4.32. The van der Waals surface area contributed by atoms with Crippen LogP contribution in [0.5, 0.6) is 5.75 Å². The number of nitrogens with one attached hydrogen (secondary N) is 2. The van der Waals surface area contributed by atoms with Crippen molar-refractivity contribution >= 4 is 17.6 Å². The van der Waals surface area contributed by atoms with Gasteiger partial charge in [-0.2, -0.15) is 0 Å². The molecule has 4 N–H and O–H groups in total. The first-order valence-electron chi connectivity index (χ1n) is 6.58. The van der Waals surface area contributed by atoms with Crippen molar-refractivity contribution < 1.29 is 23.3 Å². The molecule has 0 aliphatic rings. The van der Waals surface area contributed by atoms with Crippen LogP contribution in [-0.4, -0.2) is 41.8 Å². The third-order valence-corrected chi connectivity index (χ3v) is 2.66. The summed E-state index contributed by atoms with van der Waals surface area (Å²) in [6.07, 6.45) is 0. The van der Waals surface area contributed by atoms with Gasteiger partial charge in [0, 0.05) is 13.1 Å². The molecule has 0 bridgehead atoms. The highest BCUT2D eigenvalue weighted by molar-refractivity contribution is 5.95. The van der Waals surface area contributed by atoms with E-state index >= 15 is 0 Å². The monoisotopic (exact) mass is 323 g/mol. The van der Waals surface area contributed by atoms with Crippen molar-refractivity contribution in [1.82, 2.24) is 20.9 Å². The third-order valence-electron chi connectivity index (χ3n) is 2.66. The number of ether oxygens (including phenoxy) is 1. The maximum Gasteiger partial charge on any atom is 0.277 e. The maximum absolute atomic E-state index is 13.3. The number of nitrogens with zero attached hydrogens (tertiary/aromatic N) is 2. The van der Waals surface area contributed by atoms with Crippen molar-refractivity contribution in [2.45, 2.75) is 0 Å². The van der Waals surface area contributed by atoms with Gasteiger partial charge in [0.1, 0.15) is 0 Å². The summed E-state index contributed by atoms with van der Waals surface area (Å²) in [5.74, 6) is -1.70. The molecule has 0 fully saturated rings. The Labute approximate surface area is 129 Å². The van der Waals surface area contributed by atoms with E-state index in [2.05, 4.69) is 25.6 Å². The van der Waals surface area contributed by atoms with Crippen LogP contribution in [0.15, 0.2) is 28.9 Å². The molecule has 2 amide bonds. The lowest BCUT2D eigenvalue weighted by Crippen LogP contribution is -2.37. The molecule has 2 rings (SSSR count). The van der Waals surface area contributed by atoms with Crippen LogP contribution in [0.4, 0.5) is 10.2 Å². The molecule has 0 atom stereocenters. The molecule has 0 radical (unpaired) electrons. The summed E-state index contributed by atoms with van der Waals surface area (Å²) in [7, 11) is 0. The number of amides is 2. The smallest absolute Gasteiger partial charge is 0.277 e. The predicted octanol–water partition coefficient (Wildman–Crippen LogP) is -0.284. The highest BCUT2D eigenvalue weighted by atomic mass is 19.1. The maximum atomic E-state index is 13.3. The fraction of sp³-hybridized carbons (Fsp3) is 0.231. The summed E-state index contributed by atoms with van der Waals surface area (Å²) in [4.78, 5) is 23.1. The number of para-hydroxylation sites is 1. The molecule has 2 aromatic rings. The van der Waals surface area contributed by atoms with Crippen LogP contribution in [0, 0.1) is 5.82 Å². The Balaban J connectivity index is 1.64. The van der Waals surface area contributed by atoms with Crippen molar-refractivity contribution in [3.8, 4) is 5.75 Å². The van der Waals surface area contributed by atoms with Crippen molar-refractivity contribution in [3.63, 3.8) is 0 Å². The molecule has 0 saturated heterocycles. The minimum absolute atomic E-state index is 0.00930. The van der Waals surface area contributed by atoms with Crippen molar-refractivity contribution in [3.05, 3.63) is 35.8 Å². The van der Waals surface area contributed by atoms with Gasteiger partial charge in [-0.05, 0) is 22.4 Å². The molecule has 1 aromatic heterocycles. The molecule has 0 saturated carbocycles. The zero-order chi connectivity index (χ0) is 16.7. The number of benzene rings is 1. The summed E-state index contributed by atoms with van der Waals surface area (Å²) in [5.41, 5.74) is 5.23. The van der Waals surface area contributed by atoms with E-state index in [-0.39, 0.29) is 37.0 Å². The van der Waals surface area contributed by atoms with Gasteiger partial charge in [-0.3, -0.25) is 9.59 Å². The standard InChI is InChI=1S/C13H14FN5O4/c14-8-3-1-2-4-9(8)22-7-10(20)16-5-6-17-13(21)11-12(15)19-23-18-11/h1-4H,5-7H2,(H2,15,19)(H,16,20)(H,17,21). The van der Waals surface area contributed by atoms with E-state index in [0.717, 1.165) is 0 Å². The fourth-order valence-corrected chi connectivity index (χ4v) is 1.57. The Hall–Kier alpha value is -3.17. The highest BCUT2D eigenvalue weighted by Crippen LogP contribution is 2.14. The van der Waals surface area contributed by atoms with Gasteiger partial charge in [0.2, 0.25) is 11.5 Å². The molecule has 0 unspecified atom stereocenters. The topological polar surface area (TPSA) is 132 Å². The quantitative estimate of drug-likeness (QED) is 0.597. The number of aromatic nitrogens is 2. The van der Waals surface area contributed by atoms with E-state index in [1.54, 1.807) is 6.07 Å². The van der Waals surface area contributed by atoms with Crippen molar-refractivity contribution in [2.24, 2.45) is 0 Å². The summed E-state index contributed by atoms with van der Waals surface area (Å²) in [5, 5.41) is 11.6. The van der Waals surface area contributed by atoms with Gasteiger partial charge < -0.3 is 21.1 Å². The van der Waals surface area contributed by atoms with Crippen LogP contribution in [-0.2, 0) is 4.79 Å². The molecular formula is C13H14FN5O4. The largest absolute Gasteiger partial charge is 0.481 e. The van der Waals surface area contributed by atoms with Gasteiger partial charge >= 0.3 is 0 Å². The Bertz CT molecular complexity index is 691. The lowest BCUT2D eigenvalue weighted by Gasteiger charge is -2.08. The molecular weight excluding hydrogens is 309 g/mol. The van der Waals surface area contributed by atoms with E-state index in [1.807, 2.05) is 0 Å². The molecule has 122 valence electrons. The SMILES string of the molecule is Nc1nonc1C(=O)NCCNC(=O)COc1ccccc1F. The average molecular weight is 323 g/mol. The number of hydrogen-bond donors (Lipinski definition) is 3. The van der Waals surface area contributed by atoms with Crippen LogP contribution < -0.4 is 21.1 Å². The Morgan fingerprint density at radius 1 is 1.22 bits per heavy atom. The lowest BCUT2D eigenvalue weighted by molar-refractivity contribution is -0.123. The number of nitrogens with two attached hydrogens (primary N) is 1. The van der Waals surface area contributed by atoms with E-state index in [0.29, 0.717) is 0 Å². The fourth-order valence-electron chi connectivity index (χ4n) is 1.57. The molecule has 10 heteroatoms. The number of hydrogen-bond acceptors (Lipinski definition) is 7. The van der Waals surface area contributed by atoms with Gasteiger partial charge in [0.15, 0.2) is 18.2 Å². The molecule has 9 nitrogen and oxygen atoms in total. The second kappa shape index (κ2) is 7.73.